The predicted molar refractivity (Wildman–Crippen MR) is 60.0 cm³/mol. The lowest BCUT2D eigenvalue weighted by molar-refractivity contribution is -0.203. The van der Waals surface area contributed by atoms with Gasteiger partial charge < -0.3 is 9.62 Å². The molecule has 0 aliphatic carbocycles. The van der Waals surface area contributed by atoms with E-state index in [1.165, 1.54) is 0 Å². The molecule has 0 saturated carbocycles. The molecule has 1 aromatic carbocycles. The van der Waals surface area contributed by atoms with E-state index < -0.39 is 0 Å². The largest absolute Gasteiger partial charge is 0.493 e. The van der Waals surface area contributed by atoms with Gasteiger partial charge in [-0.05, 0) is 31.5 Å². The fourth-order valence-corrected chi connectivity index (χ4v) is 1.17. The second kappa shape index (κ2) is 6.09. The van der Waals surface area contributed by atoms with Gasteiger partial charge in [0.15, 0.2) is 5.75 Å². The minimum Gasteiger partial charge on any atom is -0.493 e. The van der Waals surface area contributed by atoms with Gasteiger partial charge in [0, 0.05) is 0 Å². The number of rotatable bonds is 5. The summed E-state index contributed by atoms with van der Waals surface area (Å²) in [5.41, 5.74) is 1.07. The van der Waals surface area contributed by atoms with Gasteiger partial charge in [-0.3, -0.25) is 0 Å². The van der Waals surface area contributed by atoms with E-state index in [2.05, 4.69) is 0 Å². The molecule has 0 aliphatic heterocycles. The van der Waals surface area contributed by atoms with Crippen molar-refractivity contribution < 1.29 is 14.5 Å². The highest BCUT2D eigenvalue weighted by atomic mass is 17.2. The maximum Gasteiger partial charge on any atom is 0.207 e. The van der Waals surface area contributed by atoms with Crippen LogP contribution in [0.2, 0.25) is 0 Å². The number of hydrogen-bond donors (Lipinski definition) is 0. The van der Waals surface area contributed by atoms with Crippen LogP contribution in [0.4, 0.5) is 0 Å². The molecule has 3 nitrogen and oxygen atoms in total. The lowest BCUT2D eigenvalue weighted by Gasteiger charge is -2.08. The Morgan fingerprint density at radius 2 is 2.07 bits per heavy atom. The summed E-state index contributed by atoms with van der Waals surface area (Å²) in [5.74, 6) is 1.26. The van der Waals surface area contributed by atoms with Gasteiger partial charge in [-0.1, -0.05) is 18.2 Å². The van der Waals surface area contributed by atoms with Gasteiger partial charge in [0.1, 0.15) is 0 Å². The summed E-state index contributed by atoms with van der Waals surface area (Å²) in [6.07, 6.45) is 3.96. The van der Waals surface area contributed by atoms with E-state index in [0.29, 0.717) is 18.1 Å². The van der Waals surface area contributed by atoms with Crippen LogP contribution in [0.25, 0.3) is 6.08 Å². The van der Waals surface area contributed by atoms with Gasteiger partial charge >= 0.3 is 0 Å². The molecule has 1 rings (SSSR count). The standard InChI is InChI=1S/C12H16O3/c1-4-6-10-7-8-11(15-14-5-2)12(9-10)13-3/h4,6-9H,5H2,1-3H3. The Labute approximate surface area is 90.2 Å². The molecule has 0 fully saturated rings. The molecule has 0 N–H and O–H groups in total. The van der Waals surface area contributed by atoms with E-state index in [-0.39, 0.29) is 0 Å². The van der Waals surface area contributed by atoms with Crippen LogP contribution in [0.3, 0.4) is 0 Å². The summed E-state index contributed by atoms with van der Waals surface area (Å²) in [6.45, 7) is 4.33. The maximum absolute atomic E-state index is 5.19. The summed E-state index contributed by atoms with van der Waals surface area (Å²) in [5, 5.41) is 0. The van der Waals surface area contributed by atoms with E-state index >= 15 is 0 Å². The van der Waals surface area contributed by atoms with Gasteiger partial charge in [0.25, 0.3) is 0 Å². The first-order valence-corrected chi connectivity index (χ1v) is 4.92. The lowest BCUT2D eigenvalue weighted by Crippen LogP contribution is -1.98. The van der Waals surface area contributed by atoms with Crippen molar-refractivity contribution in [2.24, 2.45) is 0 Å². The zero-order valence-corrected chi connectivity index (χ0v) is 9.32. The molecule has 0 aliphatic rings. The molecule has 15 heavy (non-hydrogen) atoms. The van der Waals surface area contributed by atoms with Gasteiger partial charge in [-0.2, -0.15) is 4.89 Å². The Balaban J connectivity index is 2.88. The third-order valence-electron chi connectivity index (χ3n) is 1.81. The van der Waals surface area contributed by atoms with E-state index in [1.807, 2.05) is 44.2 Å². The third-order valence-corrected chi connectivity index (χ3v) is 1.81. The quantitative estimate of drug-likeness (QED) is 0.549. The Hall–Kier alpha value is -1.48. The lowest BCUT2D eigenvalue weighted by atomic mass is 10.2. The molecule has 1 aromatic rings. The molecule has 0 saturated heterocycles. The maximum atomic E-state index is 5.19. The molecule has 82 valence electrons. The van der Waals surface area contributed by atoms with E-state index in [4.69, 9.17) is 14.5 Å². The summed E-state index contributed by atoms with van der Waals surface area (Å²) in [7, 11) is 1.60. The van der Waals surface area contributed by atoms with Crippen LogP contribution in [-0.4, -0.2) is 13.7 Å². The first-order valence-electron chi connectivity index (χ1n) is 4.92. The molecule has 0 aromatic heterocycles. The monoisotopic (exact) mass is 208 g/mol. The number of hydrogen-bond acceptors (Lipinski definition) is 3. The van der Waals surface area contributed by atoms with Crippen molar-refractivity contribution >= 4 is 6.08 Å². The van der Waals surface area contributed by atoms with Crippen LogP contribution in [0, 0.1) is 0 Å². The summed E-state index contributed by atoms with van der Waals surface area (Å²) in [6, 6.07) is 5.66. The number of methoxy groups -OCH3 is 1. The molecular weight excluding hydrogens is 192 g/mol. The molecule has 0 unspecified atom stereocenters. The average Bonchev–Trinajstić information content (AvgIpc) is 2.27. The van der Waals surface area contributed by atoms with Crippen molar-refractivity contribution in [1.29, 1.82) is 0 Å². The molecular formula is C12H16O3. The molecule has 0 atom stereocenters. The number of ether oxygens (including phenoxy) is 1. The van der Waals surface area contributed by atoms with Crippen molar-refractivity contribution in [1.82, 2.24) is 0 Å². The van der Waals surface area contributed by atoms with E-state index in [9.17, 15) is 0 Å². The second-order valence-electron chi connectivity index (χ2n) is 2.90. The topological polar surface area (TPSA) is 27.7 Å². The van der Waals surface area contributed by atoms with Crippen molar-refractivity contribution in [2.75, 3.05) is 13.7 Å². The molecule has 0 amide bonds. The second-order valence-corrected chi connectivity index (χ2v) is 2.90. The Kier molecular flexibility index (Phi) is 4.71. The molecule has 0 spiro atoms. The van der Waals surface area contributed by atoms with Gasteiger partial charge in [0.2, 0.25) is 5.75 Å². The van der Waals surface area contributed by atoms with Gasteiger partial charge in [0.05, 0.1) is 13.7 Å². The summed E-state index contributed by atoms with van der Waals surface area (Å²) < 4.78 is 5.19. The minimum absolute atomic E-state index is 0.500. The number of allylic oxidation sites excluding steroid dienone is 1. The highest BCUT2D eigenvalue weighted by Gasteiger charge is 2.05. The van der Waals surface area contributed by atoms with Crippen LogP contribution >= 0.6 is 0 Å². The zero-order valence-electron chi connectivity index (χ0n) is 9.32. The Morgan fingerprint density at radius 1 is 1.27 bits per heavy atom. The van der Waals surface area contributed by atoms with Crippen LogP contribution < -0.4 is 9.62 Å². The molecule has 0 heterocycles. The number of benzene rings is 1. The van der Waals surface area contributed by atoms with Crippen LogP contribution in [0.5, 0.6) is 11.5 Å². The fourth-order valence-electron chi connectivity index (χ4n) is 1.17. The summed E-state index contributed by atoms with van der Waals surface area (Å²) in [4.78, 5) is 9.93. The van der Waals surface area contributed by atoms with Crippen molar-refractivity contribution in [2.45, 2.75) is 13.8 Å². The minimum atomic E-state index is 0.500. The summed E-state index contributed by atoms with van der Waals surface area (Å²) >= 11 is 0. The normalized spacial score (nSPS) is 10.6. The average molecular weight is 208 g/mol. The highest BCUT2D eigenvalue weighted by molar-refractivity contribution is 5.55. The van der Waals surface area contributed by atoms with E-state index in [1.54, 1.807) is 7.11 Å². The third kappa shape index (κ3) is 3.29. The first-order chi connectivity index (χ1) is 7.31. The molecule has 0 radical (unpaired) electrons. The van der Waals surface area contributed by atoms with Crippen LogP contribution in [-0.2, 0) is 4.89 Å². The van der Waals surface area contributed by atoms with Crippen LogP contribution in [0.1, 0.15) is 19.4 Å². The van der Waals surface area contributed by atoms with Crippen molar-refractivity contribution in [3.63, 3.8) is 0 Å². The first kappa shape index (κ1) is 11.6. The molecule has 3 heteroatoms. The highest BCUT2D eigenvalue weighted by Crippen LogP contribution is 2.28. The smallest absolute Gasteiger partial charge is 0.207 e. The van der Waals surface area contributed by atoms with E-state index in [0.717, 1.165) is 5.56 Å². The zero-order chi connectivity index (χ0) is 11.1. The fraction of sp³-hybridized carbons (Fsp3) is 0.333. The predicted octanol–water partition coefficient (Wildman–Crippen LogP) is 3.06. The van der Waals surface area contributed by atoms with Gasteiger partial charge in [-0.15, -0.1) is 0 Å². The Bertz CT molecular complexity index is 332. The SMILES string of the molecule is CC=Cc1ccc(OOCC)c(OC)c1. The van der Waals surface area contributed by atoms with Gasteiger partial charge in [-0.25, -0.2) is 0 Å². The van der Waals surface area contributed by atoms with Crippen molar-refractivity contribution in [3.8, 4) is 11.5 Å². The van der Waals surface area contributed by atoms with Crippen molar-refractivity contribution in [3.05, 3.63) is 29.8 Å². The van der Waals surface area contributed by atoms with Crippen LogP contribution in [0.15, 0.2) is 24.3 Å². The molecule has 0 bridgehead atoms. The Morgan fingerprint density at radius 3 is 2.67 bits per heavy atom.